The normalized spacial score (nSPS) is 21.0. The average molecular weight is 399 g/mol. The van der Waals surface area contributed by atoms with Gasteiger partial charge in [-0.15, -0.1) is 0 Å². The second-order valence-electron chi connectivity index (χ2n) is 8.38. The van der Waals surface area contributed by atoms with Crippen molar-refractivity contribution < 1.29 is 9.21 Å². The molecule has 1 N–H and O–H groups in total. The van der Waals surface area contributed by atoms with Crippen LogP contribution in [-0.4, -0.2) is 26.1 Å². The van der Waals surface area contributed by atoms with Crippen molar-refractivity contribution in [1.82, 2.24) is 19.5 Å². The summed E-state index contributed by atoms with van der Waals surface area (Å²) in [4.78, 5) is 26.3. The molecule has 7 heteroatoms. The molecule has 156 valence electrons. The van der Waals surface area contributed by atoms with Crippen molar-refractivity contribution in [1.29, 1.82) is 0 Å². The number of aromatic nitrogens is 3. The molecule has 1 amide bonds. The van der Waals surface area contributed by atoms with E-state index in [2.05, 4.69) is 17.3 Å². The Kier molecular flexibility index (Phi) is 5.23. The van der Waals surface area contributed by atoms with E-state index in [1.807, 2.05) is 31.2 Å². The lowest BCUT2D eigenvalue weighted by atomic mass is 9.87. The number of hydrogen-bond donors (Lipinski definition) is 1. The summed E-state index contributed by atoms with van der Waals surface area (Å²) in [5.74, 6) is 2.15. The molecule has 3 aromatic heterocycles. The zero-order chi connectivity index (χ0) is 20.7. The summed E-state index contributed by atoms with van der Waals surface area (Å²) in [5.41, 5.74) is 1.76. The summed E-state index contributed by atoms with van der Waals surface area (Å²) in [7, 11) is 0. The summed E-state index contributed by atoms with van der Waals surface area (Å²) in [6, 6.07) is 3.26. The number of nitrogens with zero attached hydrogens (tertiary/aromatic N) is 3. The van der Waals surface area contributed by atoms with Gasteiger partial charge in [-0.05, 0) is 44.9 Å². The molecule has 1 unspecified atom stereocenters. The third-order valence-corrected chi connectivity index (χ3v) is 6.18. The molecule has 0 saturated heterocycles. The Morgan fingerprint density at radius 2 is 1.97 bits per heavy atom. The third-order valence-electron chi connectivity index (χ3n) is 6.18. The number of amides is 1. The quantitative estimate of drug-likeness (QED) is 0.709. The van der Waals surface area contributed by atoms with Gasteiger partial charge in [-0.25, -0.2) is 4.68 Å². The summed E-state index contributed by atoms with van der Waals surface area (Å²) < 4.78 is 8.95. The second kappa shape index (κ2) is 7.69. The van der Waals surface area contributed by atoms with E-state index >= 15 is 0 Å². The molecule has 1 atom stereocenters. The van der Waals surface area contributed by atoms with Gasteiger partial charge in [0.15, 0.2) is 5.58 Å². The molecule has 29 heavy (non-hydrogen) atoms. The van der Waals surface area contributed by atoms with Crippen molar-refractivity contribution >= 4 is 22.5 Å². The van der Waals surface area contributed by atoms with Gasteiger partial charge in [0.25, 0.3) is 5.56 Å². The van der Waals surface area contributed by atoms with Crippen LogP contribution in [0.3, 0.4) is 0 Å². The predicted molar refractivity (Wildman–Crippen MR) is 112 cm³/mol. The van der Waals surface area contributed by atoms with Crippen LogP contribution in [0.2, 0.25) is 0 Å². The minimum absolute atomic E-state index is 0.112. The Bertz CT molecular complexity index is 1100. The van der Waals surface area contributed by atoms with Crippen LogP contribution < -0.4 is 10.9 Å². The minimum Gasteiger partial charge on any atom is -0.460 e. The molecular weight excluding hydrogens is 368 g/mol. The third kappa shape index (κ3) is 3.47. The van der Waals surface area contributed by atoms with E-state index in [-0.39, 0.29) is 17.5 Å². The number of fused-ring (bicyclic) bond motifs is 3. The highest BCUT2D eigenvalue weighted by Gasteiger charge is 2.27. The second-order valence-corrected chi connectivity index (χ2v) is 8.38. The first-order valence-corrected chi connectivity index (χ1v) is 10.8. The molecule has 0 spiro atoms. The molecule has 0 aliphatic heterocycles. The molecule has 4 rings (SSSR count). The molecule has 0 aromatic carbocycles. The standard InChI is InChI=1S/C22H30N4O3/c1-5-16(21(27)23-15-9-7-13(3)8-10-15)26-22(28)18-12-19-17(11-14(4)29-19)25(18)20(6-2)24-26/h11-13,15-16H,5-10H2,1-4H3,(H,23,27). The number of furan rings is 1. The monoisotopic (exact) mass is 398 g/mol. The van der Waals surface area contributed by atoms with E-state index in [0.717, 1.165) is 48.7 Å². The van der Waals surface area contributed by atoms with Gasteiger partial charge in [0.05, 0.1) is 5.52 Å². The van der Waals surface area contributed by atoms with Crippen LogP contribution in [0, 0.1) is 12.8 Å². The van der Waals surface area contributed by atoms with Gasteiger partial charge in [-0.1, -0.05) is 20.8 Å². The summed E-state index contributed by atoms with van der Waals surface area (Å²) in [6.07, 6.45) is 5.42. The van der Waals surface area contributed by atoms with Crippen molar-refractivity contribution in [2.24, 2.45) is 5.92 Å². The number of aryl methyl sites for hydroxylation is 2. The van der Waals surface area contributed by atoms with Gasteiger partial charge in [0.2, 0.25) is 5.91 Å². The van der Waals surface area contributed by atoms with E-state index < -0.39 is 6.04 Å². The Morgan fingerprint density at radius 3 is 2.62 bits per heavy atom. The fraction of sp³-hybridized carbons (Fsp3) is 0.591. The number of rotatable bonds is 5. The highest BCUT2D eigenvalue weighted by atomic mass is 16.3. The Labute approximate surface area is 170 Å². The van der Waals surface area contributed by atoms with Gasteiger partial charge in [0.1, 0.15) is 23.1 Å². The lowest BCUT2D eigenvalue weighted by molar-refractivity contribution is -0.125. The SMILES string of the molecule is CCc1nn(C(CC)C(=O)NC2CCC(C)CC2)c(=O)c2cc3oc(C)cc3n12. The van der Waals surface area contributed by atoms with Crippen LogP contribution >= 0.6 is 0 Å². The van der Waals surface area contributed by atoms with E-state index in [1.54, 1.807) is 6.07 Å². The Hall–Kier alpha value is -2.57. The van der Waals surface area contributed by atoms with Gasteiger partial charge >= 0.3 is 0 Å². The molecule has 1 saturated carbocycles. The van der Waals surface area contributed by atoms with E-state index in [4.69, 9.17) is 4.42 Å². The first-order chi connectivity index (χ1) is 13.9. The predicted octanol–water partition coefficient (Wildman–Crippen LogP) is 3.76. The Balaban J connectivity index is 1.72. The summed E-state index contributed by atoms with van der Waals surface area (Å²) in [5, 5.41) is 7.78. The molecule has 0 bridgehead atoms. The maximum atomic E-state index is 13.2. The van der Waals surface area contributed by atoms with Gasteiger partial charge in [-0.3, -0.25) is 14.0 Å². The van der Waals surface area contributed by atoms with Crippen LogP contribution in [0.15, 0.2) is 21.3 Å². The van der Waals surface area contributed by atoms with Crippen molar-refractivity contribution in [2.75, 3.05) is 0 Å². The molecule has 1 aliphatic rings. The lowest BCUT2D eigenvalue weighted by Gasteiger charge is -2.28. The summed E-state index contributed by atoms with van der Waals surface area (Å²) >= 11 is 0. The number of carbonyl (C=O) groups excluding carboxylic acids is 1. The molecule has 3 heterocycles. The van der Waals surface area contributed by atoms with Gasteiger partial charge in [-0.2, -0.15) is 5.10 Å². The molecular formula is C22H30N4O3. The molecule has 1 fully saturated rings. The fourth-order valence-corrected chi connectivity index (χ4v) is 4.49. The molecule has 0 radical (unpaired) electrons. The largest absolute Gasteiger partial charge is 0.460 e. The van der Waals surface area contributed by atoms with Crippen LogP contribution in [0.4, 0.5) is 0 Å². The molecule has 3 aromatic rings. The molecule has 7 nitrogen and oxygen atoms in total. The van der Waals surface area contributed by atoms with Gasteiger partial charge in [0, 0.05) is 24.6 Å². The van der Waals surface area contributed by atoms with Crippen LogP contribution in [0.1, 0.15) is 70.5 Å². The first kappa shape index (κ1) is 19.7. The number of carbonyl (C=O) groups is 1. The maximum Gasteiger partial charge on any atom is 0.291 e. The van der Waals surface area contributed by atoms with Crippen LogP contribution in [0.5, 0.6) is 0 Å². The van der Waals surface area contributed by atoms with Crippen molar-refractivity contribution in [3.63, 3.8) is 0 Å². The zero-order valence-electron chi connectivity index (χ0n) is 17.7. The number of hydrogen-bond acceptors (Lipinski definition) is 4. The Morgan fingerprint density at radius 1 is 1.24 bits per heavy atom. The van der Waals surface area contributed by atoms with E-state index in [1.165, 1.54) is 4.68 Å². The number of nitrogens with one attached hydrogen (secondary N) is 1. The minimum atomic E-state index is -0.611. The van der Waals surface area contributed by atoms with Crippen molar-refractivity contribution in [2.45, 2.75) is 78.3 Å². The van der Waals surface area contributed by atoms with E-state index in [0.29, 0.717) is 23.9 Å². The van der Waals surface area contributed by atoms with Crippen LogP contribution in [0.25, 0.3) is 16.6 Å². The van der Waals surface area contributed by atoms with Gasteiger partial charge < -0.3 is 9.73 Å². The average Bonchev–Trinajstić information content (AvgIpc) is 3.22. The topological polar surface area (TPSA) is 81.5 Å². The highest BCUT2D eigenvalue weighted by molar-refractivity contribution is 5.84. The lowest BCUT2D eigenvalue weighted by Crippen LogP contribution is -2.44. The highest BCUT2D eigenvalue weighted by Crippen LogP contribution is 2.25. The smallest absolute Gasteiger partial charge is 0.291 e. The maximum absolute atomic E-state index is 13.2. The zero-order valence-corrected chi connectivity index (χ0v) is 17.7. The van der Waals surface area contributed by atoms with Crippen molar-refractivity contribution in [3.8, 4) is 0 Å². The molecule has 1 aliphatic carbocycles. The van der Waals surface area contributed by atoms with E-state index in [9.17, 15) is 9.59 Å². The summed E-state index contributed by atoms with van der Waals surface area (Å²) in [6.45, 7) is 8.06. The van der Waals surface area contributed by atoms with Crippen LogP contribution in [-0.2, 0) is 11.2 Å². The first-order valence-electron chi connectivity index (χ1n) is 10.8. The fourth-order valence-electron chi connectivity index (χ4n) is 4.49. The van der Waals surface area contributed by atoms with Crippen molar-refractivity contribution in [3.05, 3.63) is 34.1 Å².